The van der Waals surface area contributed by atoms with Gasteiger partial charge in [-0.25, -0.2) is 5.43 Å². The summed E-state index contributed by atoms with van der Waals surface area (Å²) < 4.78 is 12.1. The molecular weight excluding hydrogens is 500 g/mol. The lowest BCUT2D eigenvalue weighted by molar-refractivity contribution is -0.118. The quantitative estimate of drug-likeness (QED) is 0.216. The number of halogens is 2. The van der Waals surface area contributed by atoms with Crippen LogP contribution in [0.3, 0.4) is 0 Å². The van der Waals surface area contributed by atoms with Crippen molar-refractivity contribution in [2.75, 3.05) is 12.9 Å². The summed E-state index contributed by atoms with van der Waals surface area (Å²) in [5, 5.41) is 4.70. The van der Waals surface area contributed by atoms with Gasteiger partial charge in [0.1, 0.15) is 6.61 Å². The maximum atomic E-state index is 12.0. The SMILES string of the molecule is COc1cc(/C=N\NC(=O)CSc2ccc(Cl)cc2)c(Br)cc1OCc1ccccc1. The standard InChI is InChI=1S/C23H20BrClN2O3S/c1-29-21-11-17(20(24)12-22(21)30-14-16-5-3-2-4-6-16)13-26-27-23(28)15-31-19-9-7-18(25)8-10-19/h2-13H,14-15H2,1H3,(H,27,28)/b26-13-. The van der Waals surface area contributed by atoms with Gasteiger partial charge < -0.3 is 9.47 Å². The van der Waals surface area contributed by atoms with E-state index in [-0.39, 0.29) is 11.7 Å². The normalized spacial score (nSPS) is 10.8. The van der Waals surface area contributed by atoms with Gasteiger partial charge in [0.15, 0.2) is 11.5 Å². The van der Waals surface area contributed by atoms with Gasteiger partial charge in [0.2, 0.25) is 5.91 Å². The molecule has 3 rings (SSSR count). The molecule has 0 bridgehead atoms. The zero-order valence-electron chi connectivity index (χ0n) is 16.7. The third-order valence-electron chi connectivity index (χ3n) is 4.10. The predicted octanol–water partition coefficient (Wildman–Crippen LogP) is 5.93. The van der Waals surface area contributed by atoms with Crippen LogP contribution >= 0.6 is 39.3 Å². The molecule has 3 aromatic rings. The van der Waals surface area contributed by atoms with Gasteiger partial charge >= 0.3 is 0 Å². The summed E-state index contributed by atoms with van der Waals surface area (Å²) in [5.41, 5.74) is 4.34. The van der Waals surface area contributed by atoms with E-state index >= 15 is 0 Å². The minimum absolute atomic E-state index is 0.206. The summed E-state index contributed by atoms with van der Waals surface area (Å²) in [6, 6.07) is 20.8. The Hall–Kier alpha value is -2.48. The van der Waals surface area contributed by atoms with Crippen molar-refractivity contribution < 1.29 is 14.3 Å². The molecular formula is C23H20BrClN2O3S. The number of carbonyl (C=O) groups excluding carboxylic acids is 1. The van der Waals surface area contributed by atoms with Gasteiger partial charge in [-0.3, -0.25) is 4.79 Å². The lowest BCUT2D eigenvalue weighted by atomic mass is 10.2. The highest BCUT2D eigenvalue weighted by Crippen LogP contribution is 2.33. The molecule has 0 saturated carbocycles. The average Bonchev–Trinajstić information content (AvgIpc) is 2.79. The Kier molecular flexibility index (Phi) is 8.82. The second-order valence-electron chi connectivity index (χ2n) is 6.33. The van der Waals surface area contributed by atoms with E-state index in [1.807, 2.05) is 48.5 Å². The van der Waals surface area contributed by atoms with E-state index in [2.05, 4.69) is 26.5 Å². The fourth-order valence-electron chi connectivity index (χ4n) is 2.54. The van der Waals surface area contributed by atoms with Crippen molar-refractivity contribution in [1.82, 2.24) is 5.43 Å². The fraction of sp³-hybridized carbons (Fsp3) is 0.130. The lowest BCUT2D eigenvalue weighted by Crippen LogP contribution is -2.19. The Labute approximate surface area is 198 Å². The maximum Gasteiger partial charge on any atom is 0.250 e. The Morgan fingerprint density at radius 3 is 2.58 bits per heavy atom. The zero-order valence-corrected chi connectivity index (χ0v) is 19.8. The monoisotopic (exact) mass is 518 g/mol. The number of carbonyl (C=O) groups is 1. The van der Waals surface area contributed by atoms with Crippen LogP contribution in [0.1, 0.15) is 11.1 Å². The highest BCUT2D eigenvalue weighted by molar-refractivity contribution is 9.10. The van der Waals surface area contributed by atoms with Crippen molar-refractivity contribution in [2.45, 2.75) is 11.5 Å². The molecule has 0 radical (unpaired) electrons. The van der Waals surface area contributed by atoms with Crippen LogP contribution in [-0.4, -0.2) is 25.0 Å². The number of nitrogens with zero attached hydrogens (tertiary/aromatic N) is 1. The number of thioether (sulfide) groups is 1. The van der Waals surface area contributed by atoms with Crippen LogP contribution in [-0.2, 0) is 11.4 Å². The van der Waals surface area contributed by atoms with E-state index in [0.29, 0.717) is 23.1 Å². The summed E-state index contributed by atoms with van der Waals surface area (Å²) in [6.45, 7) is 0.429. The molecule has 0 atom stereocenters. The first kappa shape index (κ1) is 23.2. The van der Waals surface area contributed by atoms with Crippen LogP contribution < -0.4 is 14.9 Å². The molecule has 0 aromatic heterocycles. The minimum atomic E-state index is -0.206. The van der Waals surface area contributed by atoms with Crippen molar-refractivity contribution in [1.29, 1.82) is 0 Å². The largest absolute Gasteiger partial charge is 0.493 e. The van der Waals surface area contributed by atoms with Crippen LogP contribution in [0.2, 0.25) is 5.02 Å². The molecule has 0 heterocycles. The molecule has 5 nitrogen and oxygen atoms in total. The van der Waals surface area contributed by atoms with Gasteiger partial charge in [0.25, 0.3) is 0 Å². The second-order valence-corrected chi connectivity index (χ2v) is 8.67. The lowest BCUT2D eigenvalue weighted by Gasteiger charge is -2.12. The number of rotatable bonds is 9. The second kappa shape index (κ2) is 11.8. The average molecular weight is 520 g/mol. The third-order valence-corrected chi connectivity index (χ3v) is 6.05. The molecule has 0 aliphatic rings. The number of benzene rings is 3. The van der Waals surface area contributed by atoms with Crippen LogP contribution in [0.15, 0.2) is 81.2 Å². The van der Waals surface area contributed by atoms with E-state index in [0.717, 1.165) is 20.5 Å². The molecule has 0 unspecified atom stereocenters. The van der Waals surface area contributed by atoms with E-state index in [1.54, 1.807) is 31.5 Å². The molecule has 1 amide bonds. The van der Waals surface area contributed by atoms with Crippen LogP contribution in [0.5, 0.6) is 11.5 Å². The Balaban J connectivity index is 1.56. The zero-order chi connectivity index (χ0) is 22.1. The summed E-state index contributed by atoms with van der Waals surface area (Å²) in [6.07, 6.45) is 1.55. The van der Waals surface area contributed by atoms with E-state index < -0.39 is 0 Å². The van der Waals surface area contributed by atoms with Crippen molar-refractivity contribution in [2.24, 2.45) is 5.10 Å². The van der Waals surface area contributed by atoms with Crippen LogP contribution in [0.25, 0.3) is 0 Å². The third kappa shape index (κ3) is 7.31. The Morgan fingerprint density at radius 1 is 1.13 bits per heavy atom. The molecule has 3 aromatic carbocycles. The number of hydrogen-bond acceptors (Lipinski definition) is 5. The molecule has 31 heavy (non-hydrogen) atoms. The molecule has 1 N–H and O–H groups in total. The molecule has 0 spiro atoms. The molecule has 160 valence electrons. The molecule has 0 aliphatic carbocycles. The van der Waals surface area contributed by atoms with Crippen molar-refractivity contribution in [3.05, 3.63) is 87.4 Å². The van der Waals surface area contributed by atoms with Crippen molar-refractivity contribution >= 4 is 51.4 Å². The van der Waals surface area contributed by atoms with Gasteiger partial charge in [-0.05, 0) is 57.9 Å². The first-order valence-corrected chi connectivity index (χ1v) is 11.5. The Bertz CT molecular complexity index is 1050. The highest BCUT2D eigenvalue weighted by Gasteiger charge is 2.10. The predicted molar refractivity (Wildman–Crippen MR) is 129 cm³/mol. The van der Waals surface area contributed by atoms with Gasteiger partial charge in [-0.2, -0.15) is 5.10 Å². The summed E-state index contributed by atoms with van der Waals surface area (Å²) in [7, 11) is 1.58. The highest BCUT2D eigenvalue weighted by atomic mass is 79.9. The molecule has 0 saturated heterocycles. The van der Waals surface area contributed by atoms with E-state index in [4.69, 9.17) is 21.1 Å². The van der Waals surface area contributed by atoms with Crippen LogP contribution in [0, 0.1) is 0 Å². The molecule has 0 fully saturated rings. The first-order chi connectivity index (χ1) is 15.0. The fourth-order valence-corrected chi connectivity index (χ4v) is 3.78. The number of hydrazone groups is 1. The van der Waals surface area contributed by atoms with E-state index in [1.165, 1.54) is 11.8 Å². The summed E-state index contributed by atoms with van der Waals surface area (Å²) in [4.78, 5) is 13.0. The molecule has 0 aliphatic heterocycles. The van der Waals surface area contributed by atoms with E-state index in [9.17, 15) is 4.79 Å². The molecule has 8 heteroatoms. The smallest absolute Gasteiger partial charge is 0.250 e. The number of amides is 1. The number of methoxy groups -OCH3 is 1. The van der Waals surface area contributed by atoms with Gasteiger partial charge in [-0.1, -0.05) is 41.9 Å². The number of hydrogen-bond donors (Lipinski definition) is 1. The summed E-state index contributed by atoms with van der Waals surface area (Å²) in [5.74, 6) is 1.22. The summed E-state index contributed by atoms with van der Waals surface area (Å²) >= 11 is 10.8. The van der Waals surface area contributed by atoms with Gasteiger partial charge in [-0.15, -0.1) is 11.8 Å². The maximum absolute atomic E-state index is 12.0. The topological polar surface area (TPSA) is 59.9 Å². The van der Waals surface area contributed by atoms with Crippen molar-refractivity contribution in [3.63, 3.8) is 0 Å². The number of nitrogens with one attached hydrogen (secondary N) is 1. The van der Waals surface area contributed by atoms with Crippen LogP contribution in [0.4, 0.5) is 0 Å². The Morgan fingerprint density at radius 2 is 1.87 bits per heavy atom. The number of ether oxygens (including phenoxy) is 2. The van der Waals surface area contributed by atoms with Crippen molar-refractivity contribution in [3.8, 4) is 11.5 Å². The van der Waals surface area contributed by atoms with Gasteiger partial charge in [0.05, 0.1) is 19.1 Å². The van der Waals surface area contributed by atoms with Gasteiger partial charge in [0, 0.05) is 20.0 Å². The first-order valence-electron chi connectivity index (χ1n) is 9.29. The minimum Gasteiger partial charge on any atom is -0.493 e.